The van der Waals surface area contributed by atoms with Gasteiger partial charge in [0, 0.05) is 25.2 Å². The van der Waals surface area contributed by atoms with Crippen molar-refractivity contribution in [3.8, 4) is 0 Å². The van der Waals surface area contributed by atoms with Crippen LogP contribution in [0.3, 0.4) is 0 Å². The zero-order valence-electron chi connectivity index (χ0n) is 34.3. The van der Waals surface area contributed by atoms with Crippen molar-refractivity contribution in [3.05, 3.63) is 12.2 Å². The van der Waals surface area contributed by atoms with E-state index in [-0.39, 0.29) is 43.0 Å². The van der Waals surface area contributed by atoms with Crippen LogP contribution in [-0.4, -0.2) is 64.6 Å². The highest BCUT2D eigenvalue weighted by molar-refractivity contribution is 5.86. The lowest BCUT2D eigenvalue weighted by atomic mass is 9.88. The number of ether oxygens (including phenoxy) is 2. The Bertz CT molecular complexity index is 920. The highest BCUT2D eigenvalue weighted by atomic mass is 16.6. The molecule has 0 aromatic rings. The summed E-state index contributed by atoms with van der Waals surface area (Å²) in [4.78, 5) is 37.0. The normalized spacial score (nSPS) is 18.5. The molecule has 0 aromatic carbocycles. The number of allylic oxidation sites excluding steroid dienone is 1. The number of hydrogen-bond acceptors (Lipinski definition) is 8. The second-order valence-electron chi connectivity index (χ2n) is 15.9. The van der Waals surface area contributed by atoms with Gasteiger partial charge in [0.1, 0.15) is 12.4 Å². The van der Waals surface area contributed by atoms with Gasteiger partial charge in [-0.3, -0.25) is 14.4 Å². The lowest BCUT2D eigenvalue weighted by molar-refractivity contribution is -0.161. The molecular formula is C45H82O8. The van der Waals surface area contributed by atoms with E-state index >= 15 is 0 Å². The summed E-state index contributed by atoms with van der Waals surface area (Å²) in [7, 11) is 0. The highest BCUT2D eigenvalue weighted by Gasteiger charge is 2.39. The van der Waals surface area contributed by atoms with Gasteiger partial charge in [-0.1, -0.05) is 180 Å². The summed E-state index contributed by atoms with van der Waals surface area (Å²) in [6.07, 6.45) is 34.6. The molecule has 0 saturated heterocycles. The minimum atomic E-state index is -0.854. The van der Waals surface area contributed by atoms with Crippen LogP contribution in [0.5, 0.6) is 0 Å². The van der Waals surface area contributed by atoms with Crippen LogP contribution in [-0.2, 0) is 23.9 Å². The Morgan fingerprint density at radius 2 is 1.13 bits per heavy atom. The molecule has 1 fully saturated rings. The molecule has 0 unspecified atom stereocenters. The Balaban J connectivity index is 2.01. The van der Waals surface area contributed by atoms with Gasteiger partial charge in [-0.15, -0.1) is 0 Å². The fraction of sp³-hybridized carbons (Fsp3) is 0.889. The third kappa shape index (κ3) is 27.5. The number of hydrogen-bond donors (Lipinski definition) is 3. The molecule has 1 aliphatic rings. The van der Waals surface area contributed by atoms with E-state index in [1.165, 1.54) is 103 Å². The summed E-state index contributed by atoms with van der Waals surface area (Å²) in [5, 5.41) is 30.3. The second kappa shape index (κ2) is 34.7. The first-order valence-electron chi connectivity index (χ1n) is 22.3. The zero-order valence-corrected chi connectivity index (χ0v) is 34.3. The smallest absolute Gasteiger partial charge is 0.306 e. The van der Waals surface area contributed by atoms with E-state index in [0.717, 1.165) is 64.2 Å². The number of aliphatic hydroxyl groups excluding tert-OH is 3. The molecule has 0 heterocycles. The molecule has 1 aliphatic carbocycles. The predicted octanol–water partition coefficient (Wildman–Crippen LogP) is 10.7. The average Bonchev–Trinajstić information content (AvgIpc) is 3.42. The van der Waals surface area contributed by atoms with E-state index < -0.39 is 30.9 Å². The van der Waals surface area contributed by atoms with Gasteiger partial charge in [0.2, 0.25) is 0 Å². The SMILES string of the molecule is CCCCCCCCCCCCCCCCCCCCCC(=O)OC[C@H](CO)OC(=O)CCCCCC[C@H]1[C@@H](O)CC(=O)[C@@H]1/C=C/[C@@H](O)CCCCC. The molecule has 0 bridgehead atoms. The van der Waals surface area contributed by atoms with E-state index in [1.54, 1.807) is 12.2 Å². The van der Waals surface area contributed by atoms with Crippen molar-refractivity contribution in [1.29, 1.82) is 0 Å². The van der Waals surface area contributed by atoms with E-state index in [1.807, 2.05) is 0 Å². The first-order valence-corrected chi connectivity index (χ1v) is 22.3. The van der Waals surface area contributed by atoms with Crippen LogP contribution >= 0.6 is 0 Å². The molecule has 0 amide bonds. The topological polar surface area (TPSA) is 130 Å². The number of esters is 2. The number of carbonyl (C=O) groups is 3. The van der Waals surface area contributed by atoms with Crippen LogP contribution < -0.4 is 0 Å². The molecule has 8 heteroatoms. The first kappa shape index (κ1) is 49.2. The van der Waals surface area contributed by atoms with E-state index in [2.05, 4.69) is 13.8 Å². The fourth-order valence-electron chi connectivity index (χ4n) is 7.52. The molecule has 1 rings (SSSR count). The van der Waals surface area contributed by atoms with Crippen molar-refractivity contribution < 1.29 is 39.2 Å². The predicted molar refractivity (Wildman–Crippen MR) is 216 cm³/mol. The van der Waals surface area contributed by atoms with Gasteiger partial charge in [0.15, 0.2) is 6.10 Å². The maximum Gasteiger partial charge on any atom is 0.306 e. The number of aliphatic hydroxyl groups is 3. The molecule has 0 aromatic heterocycles. The summed E-state index contributed by atoms with van der Waals surface area (Å²) < 4.78 is 10.6. The van der Waals surface area contributed by atoms with Crippen LogP contribution in [0.15, 0.2) is 12.2 Å². The monoisotopic (exact) mass is 751 g/mol. The van der Waals surface area contributed by atoms with Gasteiger partial charge in [-0.25, -0.2) is 0 Å². The van der Waals surface area contributed by atoms with Crippen molar-refractivity contribution in [2.75, 3.05) is 13.2 Å². The van der Waals surface area contributed by atoms with Gasteiger partial charge < -0.3 is 24.8 Å². The number of Topliss-reactive ketones (excluding diaryl/α,β-unsaturated/α-hetero) is 1. The zero-order chi connectivity index (χ0) is 38.8. The minimum absolute atomic E-state index is 0.0344. The highest BCUT2D eigenvalue weighted by Crippen LogP contribution is 2.34. The number of rotatable bonds is 37. The Morgan fingerprint density at radius 3 is 1.64 bits per heavy atom. The lowest BCUT2D eigenvalue weighted by Crippen LogP contribution is -2.28. The maximum atomic E-state index is 12.5. The van der Waals surface area contributed by atoms with Crippen molar-refractivity contribution in [2.24, 2.45) is 11.8 Å². The number of unbranched alkanes of at least 4 members (excludes halogenated alkanes) is 23. The first-order chi connectivity index (χ1) is 25.8. The Morgan fingerprint density at radius 1 is 0.679 bits per heavy atom. The number of ketones is 1. The van der Waals surface area contributed by atoms with Crippen molar-refractivity contribution in [2.45, 2.75) is 231 Å². The number of carbonyl (C=O) groups excluding carboxylic acids is 3. The van der Waals surface area contributed by atoms with Crippen LogP contribution in [0.1, 0.15) is 213 Å². The Labute approximate surface area is 324 Å². The summed E-state index contributed by atoms with van der Waals surface area (Å²) in [6.45, 7) is 3.87. The van der Waals surface area contributed by atoms with Crippen molar-refractivity contribution in [3.63, 3.8) is 0 Å². The Kier molecular flexibility index (Phi) is 32.2. The van der Waals surface area contributed by atoms with Crippen LogP contribution in [0.4, 0.5) is 0 Å². The third-order valence-corrected chi connectivity index (χ3v) is 11.0. The largest absolute Gasteiger partial charge is 0.462 e. The van der Waals surface area contributed by atoms with E-state index in [9.17, 15) is 29.7 Å². The molecule has 5 atom stereocenters. The molecule has 3 N–H and O–H groups in total. The van der Waals surface area contributed by atoms with Crippen LogP contribution in [0.2, 0.25) is 0 Å². The van der Waals surface area contributed by atoms with Crippen molar-refractivity contribution in [1.82, 2.24) is 0 Å². The van der Waals surface area contributed by atoms with Gasteiger partial charge >= 0.3 is 11.9 Å². The second-order valence-corrected chi connectivity index (χ2v) is 15.9. The molecule has 8 nitrogen and oxygen atoms in total. The molecule has 53 heavy (non-hydrogen) atoms. The standard InChI is InChI=1S/C45H82O8/c1-3-5-7-8-9-10-11-12-13-14-15-16-17-18-19-20-21-22-27-31-44(50)52-37-39(36-46)53-45(51)32-28-24-23-26-30-40-41(43(49)35-42(40)48)34-33-38(47)29-25-6-4-2/h33-34,38-42,46-48H,3-32,35-37H2,1-2H3/b34-33+/t38-,39-,40+,41+,42-/m0/s1. The van der Waals surface area contributed by atoms with Gasteiger partial charge in [-0.2, -0.15) is 0 Å². The summed E-state index contributed by atoms with van der Waals surface area (Å²) in [5.74, 6) is -1.19. The molecular weight excluding hydrogens is 668 g/mol. The van der Waals surface area contributed by atoms with Crippen molar-refractivity contribution >= 4 is 17.7 Å². The summed E-state index contributed by atoms with van der Waals surface area (Å²) >= 11 is 0. The van der Waals surface area contributed by atoms with E-state index in [0.29, 0.717) is 19.3 Å². The molecule has 1 saturated carbocycles. The molecule has 0 spiro atoms. The van der Waals surface area contributed by atoms with Crippen LogP contribution in [0.25, 0.3) is 0 Å². The van der Waals surface area contributed by atoms with Gasteiger partial charge in [0.05, 0.1) is 18.8 Å². The summed E-state index contributed by atoms with van der Waals surface area (Å²) in [5.41, 5.74) is 0. The molecule has 0 radical (unpaired) electrons. The quantitative estimate of drug-likeness (QED) is 0.0325. The van der Waals surface area contributed by atoms with E-state index in [4.69, 9.17) is 9.47 Å². The van der Waals surface area contributed by atoms with Gasteiger partial charge in [0.25, 0.3) is 0 Å². The van der Waals surface area contributed by atoms with Gasteiger partial charge in [-0.05, 0) is 31.6 Å². The lowest BCUT2D eigenvalue weighted by Gasteiger charge is -2.19. The average molecular weight is 751 g/mol. The Hall–Kier alpha value is -1.77. The fourth-order valence-corrected chi connectivity index (χ4v) is 7.52. The summed E-state index contributed by atoms with van der Waals surface area (Å²) in [6, 6.07) is 0. The minimum Gasteiger partial charge on any atom is -0.462 e. The third-order valence-electron chi connectivity index (χ3n) is 11.0. The van der Waals surface area contributed by atoms with Crippen LogP contribution in [0, 0.1) is 11.8 Å². The molecule has 0 aliphatic heterocycles. The maximum absolute atomic E-state index is 12.5. The molecule has 310 valence electrons.